The summed E-state index contributed by atoms with van der Waals surface area (Å²) in [4.78, 5) is 12.5. The molecular weight excluding hydrogens is 311 g/mol. The average molecular weight is 332 g/mol. The Labute approximate surface area is 140 Å². The van der Waals surface area contributed by atoms with Crippen LogP contribution in [0.25, 0.3) is 11.3 Å². The van der Waals surface area contributed by atoms with Gasteiger partial charge in [-0.3, -0.25) is 4.79 Å². The fourth-order valence-corrected chi connectivity index (χ4v) is 3.16. The molecule has 0 spiro atoms. The number of carbonyl (C=O) groups excluding carboxylic acids is 1. The van der Waals surface area contributed by atoms with Crippen LogP contribution in [0.2, 0.25) is 0 Å². The lowest BCUT2D eigenvalue weighted by atomic mass is 9.77. The minimum Gasteiger partial charge on any atom is -0.466 e. The highest BCUT2D eigenvalue weighted by atomic mass is 19.1. The molecule has 0 saturated carbocycles. The number of ether oxygens (including phenoxy) is 1. The molecule has 24 heavy (non-hydrogen) atoms. The van der Waals surface area contributed by atoms with E-state index in [4.69, 9.17) is 9.26 Å². The molecule has 1 aliphatic heterocycles. The maximum absolute atomic E-state index is 13.4. The van der Waals surface area contributed by atoms with E-state index in [0.29, 0.717) is 36.6 Å². The summed E-state index contributed by atoms with van der Waals surface area (Å²) in [5.41, 5.74) is 0.580. The third-order valence-corrected chi connectivity index (χ3v) is 4.37. The lowest BCUT2D eigenvalue weighted by molar-refractivity contribution is -0.156. The van der Waals surface area contributed by atoms with Gasteiger partial charge < -0.3 is 14.6 Å². The van der Waals surface area contributed by atoms with Crippen molar-refractivity contribution in [3.63, 3.8) is 0 Å². The molecule has 2 heterocycles. The van der Waals surface area contributed by atoms with E-state index in [1.54, 1.807) is 25.1 Å². The molecule has 6 heteroatoms. The van der Waals surface area contributed by atoms with Gasteiger partial charge in [-0.05, 0) is 38.4 Å². The molecule has 1 aromatic carbocycles. The molecule has 0 radical (unpaired) electrons. The fraction of sp³-hybridized carbons (Fsp3) is 0.444. The van der Waals surface area contributed by atoms with Gasteiger partial charge in [-0.25, -0.2) is 4.39 Å². The molecule has 128 valence electrons. The van der Waals surface area contributed by atoms with Crippen LogP contribution in [0.15, 0.2) is 34.9 Å². The van der Waals surface area contributed by atoms with E-state index in [9.17, 15) is 9.18 Å². The number of piperidine rings is 1. The summed E-state index contributed by atoms with van der Waals surface area (Å²) in [6, 6.07) is 7.96. The van der Waals surface area contributed by atoms with E-state index >= 15 is 0 Å². The molecule has 3 rings (SSSR count). The normalized spacial score (nSPS) is 20.8. The topological polar surface area (TPSA) is 64.4 Å². The summed E-state index contributed by atoms with van der Waals surface area (Å²) >= 11 is 0. The van der Waals surface area contributed by atoms with E-state index < -0.39 is 5.41 Å². The smallest absolute Gasteiger partial charge is 0.313 e. The van der Waals surface area contributed by atoms with Crippen LogP contribution in [-0.4, -0.2) is 30.8 Å². The Kier molecular flexibility index (Phi) is 4.94. The number of hydrogen-bond acceptors (Lipinski definition) is 5. The molecular formula is C18H21FN2O3. The first-order chi connectivity index (χ1) is 11.6. The van der Waals surface area contributed by atoms with Gasteiger partial charge in [0.15, 0.2) is 0 Å². The van der Waals surface area contributed by atoms with Crippen LogP contribution < -0.4 is 5.32 Å². The number of esters is 1. The Balaban J connectivity index is 1.82. The quantitative estimate of drug-likeness (QED) is 0.853. The van der Waals surface area contributed by atoms with Gasteiger partial charge in [0.25, 0.3) is 0 Å². The molecule has 0 bridgehead atoms. The second kappa shape index (κ2) is 7.13. The van der Waals surface area contributed by atoms with Gasteiger partial charge in [-0.1, -0.05) is 17.3 Å². The molecule has 5 nitrogen and oxygen atoms in total. The third kappa shape index (κ3) is 3.48. The summed E-state index contributed by atoms with van der Waals surface area (Å²) < 4.78 is 24.0. The van der Waals surface area contributed by atoms with Crippen LogP contribution in [0.1, 0.15) is 25.5 Å². The van der Waals surface area contributed by atoms with Crippen molar-refractivity contribution in [2.24, 2.45) is 5.41 Å². The third-order valence-electron chi connectivity index (χ3n) is 4.37. The van der Waals surface area contributed by atoms with E-state index in [-0.39, 0.29) is 11.8 Å². The van der Waals surface area contributed by atoms with E-state index in [0.717, 1.165) is 19.4 Å². The number of halogens is 1. The molecule has 1 unspecified atom stereocenters. The monoisotopic (exact) mass is 332 g/mol. The van der Waals surface area contributed by atoms with Crippen LogP contribution >= 0.6 is 0 Å². The van der Waals surface area contributed by atoms with Crippen molar-refractivity contribution in [2.45, 2.75) is 26.2 Å². The molecule has 1 aliphatic rings. The van der Waals surface area contributed by atoms with Gasteiger partial charge in [0, 0.05) is 24.6 Å². The van der Waals surface area contributed by atoms with Crippen LogP contribution in [0, 0.1) is 11.2 Å². The molecule has 1 aromatic heterocycles. The molecule has 1 saturated heterocycles. The van der Waals surface area contributed by atoms with Gasteiger partial charge >= 0.3 is 5.97 Å². The maximum Gasteiger partial charge on any atom is 0.313 e. The molecule has 1 fully saturated rings. The maximum atomic E-state index is 13.4. The van der Waals surface area contributed by atoms with Gasteiger partial charge in [0.1, 0.15) is 17.3 Å². The average Bonchev–Trinajstić information content (AvgIpc) is 3.04. The minimum absolute atomic E-state index is 0.207. The summed E-state index contributed by atoms with van der Waals surface area (Å²) in [7, 11) is 0. The van der Waals surface area contributed by atoms with Crippen molar-refractivity contribution in [3.8, 4) is 11.3 Å². The Morgan fingerprint density at radius 1 is 1.46 bits per heavy atom. The zero-order chi connectivity index (χ0) is 17.0. The van der Waals surface area contributed by atoms with E-state index in [1.165, 1.54) is 12.1 Å². The number of rotatable bonds is 5. The van der Waals surface area contributed by atoms with Crippen LogP contribution in [0.4, 0.5) is 4.39 Å². The van der Waals surface area contributed by atoms with E-state index in [1.807, 2.05) is 0 Å². The Morgan fingerprint density at radius 2 is 2.33 bits per heavy atom. The molecule has 0 amide bonds. The van der Waals surface area contributed by atoms with Gasteiger partial charge in [-0.2, -0.15) is 0 Å². The molecule has 2 aromatic rings. The first kappa shape index (κ1) is 16.6. The standard InChI is InChI=1S/C18H21FN2O3/c1-2-23-17(22)18(7-4-8-20-12-18)11-15-10-16(21-24-15)13-5-3-6-14(19)9-13/h3,5-6,9-10,20H,2,4,7-8,11-12H2,1H3. The Hall–Kier alpha value is -2.21. The van der Waals surface area contributed by atoms with Crippen molar-refractivity contribution in [2.75, 3.05) is 19.7 Å². The van der Waals surface area contributed by atoms with Gasteiger partial charge in [-0.15, -0.1) is 0 Å². The number of nitrogens with zero attached hydrogens (tertiary/aromatic N) is 1. The fourth-order valence-electron chi connectivity index (χ4n) is 3.16. The highest BCUT2D eigenvalue weighted by Crippen LogP contribution is 2.33. The molecule has 1 atom stereocenters. The van der Waals surface area contributed by atoms with Gasteiger partial charge in [0.05, 0.1) is 12.0 Å². The number of aromatic nitrogens is 1. The van der Waals surface area contributed by atoms with Gasteiger partial charge in [0.2, 0.25) is 0 Å². The van der Waals surface area contributed by atoms with E-state index in [2.05, 4.69) is 10.5 Å². The zero-order valence-corrected chi connectivity index (χ0v) is 13.7. The van der Waals surface area contributed by atoms with Crippen molar-refractivity contribution in [1.29, 1.82) is 0 Å². The first-order valence-electron chi connectivity index (χ1n) is 8.22. The number of nitrogens with one attached hydrogen (secondary N) is 1. The second-order valence-corrected chi connectivity index (χ2v) is 6.15. The lowest BCUT2D eigenvalue weighted by Crippen LogP contribution is -2.47. The highest BCUT2D eigenvalue weighted by Gasteiger charge is 2.42. The minimum atomic E-state index is -0.632. The second-order valence-electron chi connectivity index (χ2n) is 6.15. The van der Waals surface area contributed by atoms with Crippen LogP contribution in [0.3, 0.4) is 0 Å². The predicted octanol–water partition coefficient (Wildman–Crippen LogP) is 2.96. The van der Waals surface area contributed by atoms with Crippen molar-refractivity contribution >= 4 is 5.97 Å². The lowest BCUT2D eigenvalue weighted by Gasteiger charge is -2.34. The summed E-state index contributed by atoms with van der Waals surface area (Å²) in [5, 5.41) is 7.28. The number of benzene rings is 1. The molecule has 1 N–H and O–H groups in total. The largest absolute Gasteiger partial charge is 0.466 e. The zero-order valence-electron chi connectivity index (χ0n) is 13.7. The highest BCUT2D eigenvalue weighted by molar-refractivity contribution is 5.77. The Morgan fingerprint density at radius 3 is 3.04 bits per heavy atom. The first-order valence-corrected chi connectivity index (χ1v) is 8.22. The van der Waals surface area contributed by atoms with Crippen molar-refractivity contribution in [1.82, 2.24) is 10.5 Å². The van der Waals surface area contributed by atoms with Crippen LogP contribution in [-0.2, 0) is 16.0 Å². The number of hydrogen-bond donors (Lipinski definition) is 1. The predicted molar refractivity (Wildman–Crippen MR) is 86.8 cm³/mol. The Bertz CT molecular complexity index is 708. The summed E-state index contributed by atoms with van der Waals surface area (Å²) in [6.45, 7) is 3.61. The van der Waals surface area contributed by atoms with Crippen LogP contribution in [0.5, 0.6) is 0 Å². The summed E-state index contributed by atoms with van der Waals surface area (Å²) in [5.74, 6) is 0.0726. The van der Waals surface area contributed by atoms with Crippen molar-refractivity contribution in [3.05, 3.63) is 41.9 Å². The van der Waals surface area contributed by atoms with Crippen molar-refractivity contribution < 1.29 is 18.4 Å². The summed E-state index contributed by atoms with van der Waals surface area (Å²) in [6.07, 6.45) is 2.07. The number of carbonyl (C=O) groups is 1. The molecule has 0 aliphatic carbocycles. The SMILES string of the molecule is CCOC(=O)C1(Cc2cc(-c3cccc(F)c3)no2)CCCNC1.